The van der Waals surface area contributed by atoms with E-state index in [1.165, 1.54) is 25.3 Å². The summed E-state index contributed by atoms with van der Waals surface area (Å²) in [4.78, 5) is 11.0. The summed E-state index contributed by atoms with van der Waals surface area (Å²) in [5.74, 6) is -0.498. The number of hydrogen-bond acceptors (Lipinski definition) is 4. The van der Waals surface area contributed by atoms with Crippen LogP contribution in [-0.2, 0) is 4.74 Å². The monoisotopic (exact) mass is 210 g/mol. The predicted octanol–water partition coefficient (Wildman–Crippen LogP) is 0.179. The van der Waals surface area contributed by atoms with Crippen LogP contribution in [0.15, 0.2) is 24.3 Å². The molecule has 15 heavy (non-hydrogen) atoms. The smallest absolute Gasteiger partial charge is 0.465 e. The average molecular weight is 210 g/mol. The highest BCUT2D eigenvalue weighted by molar-refractivity contribution is 6.58. The largest absolute Gasteiger partial charge is 0.488 e. The Labute approximate surface area is 89.7 Å². The van der Waals surface area contributed by atoms with Gasteiger partial charge in [0.25, 0.3) is 0 Å². The number of hydrogen-bond donors (Lipinski definition) is 2. The van der Waals surface area contributed by atoms with Gasteiger partial charge in [0.1, 0.15) is 0 Å². The first kappa shape index (κ1) is 13.7. The zero-order chi connectivity index (χ0) is 11.8. The van der Waals surface area contributed by atoms with Crippen LogP contribution in [0.25, 0.3) is 0 Å². The van der Waals surface area contributed by atoms with Crippen molar-refractivity contribution in [2.45, 2.75) is 13.8 Å². The molecular formula is C10H15BO4. The Morgan fingerprint density at radius 3 is 2.40 bits per heavy atom. The predicted molar refractivity (Wildman–Crippen MR) is 59.0 cm³/mol. The van der Waals surface area contributed by atoms with E-state index in [0.29, 0.717) is 5.56 Å². The molecule has 0 aliphatic carbocycles. The van der Waals surface area contributed by atoms with Crippen LogP contribution in [0.1, 0.15) is 24.2 Å². The van der Waals surface area contributed by atoms with E-state index in [0.717, 1.165) is 0 Å². The lowest BCUT2D eigenvalue weighted by atomic mass is 9.80. The second-order valence-corrected chi connectivity index (χ2v) is 2.49. The van der Waals surface area contributed by atoms with Crippen molar-refractivity contribution in [3.8, 4) is 0 Å². The van der Waals surface area contributed by atoms with E-state index in [1.54, 1.807) is 6.07 Å². The highest BCUT2D eigenvalue weighted by Crippen LogP contribution is 1.98. The summed E-state index contributed by atoms with van der Waals surface area (Å²) < 4.78 is 4.47. The van der Waals surface area contributed by atoms with Crippen LogP contribution in [0, 0.1) is 0 Å². The van der Waals surface area contributed by atoms with Gasteiger partial charge in [-0.2, -0.15) is 0 Å². The van der Waals surface area contributed by atoms with Crippen LogP contribution in [0.2, 0.25) is 0 Å². The minimum Gasteiger partial charge on any atom is -0.465 e. The number of methoxy groups -OCH3 is 1. The van der Waals surface area contributed by atoms with E-state index in [4.69, 9.17) is 10.0 Å². The second kappa shape index (κ2) is 7.03. The lowest BCUT2D eigenvalue weighted by molar-refractivity contribution is 0.0601. The molecule has 0 aliphatic rings. The number of carbonyl (C=O) groups is 1. The van der Waals surface area contributed by atoms with Crippen molar-refractivity contribution in [1.82, 2.24) is 0 Å². The first-order valence-electron chi connectivity index (χ1n) is 4.69. The molecule has 0 fully saturated rings. The zero-order valence-corrected chi connectivity index (χ0v) is 9.10. The van der Waals surface area contributed by atoms with Crippen molar-refractivity contribution in [2.24, 2.45) is 0 Å². The van der Waals surface area contributed by atoms with Crippen LogP contribution in [0.5, 0.6) is 0 Å². The third kappa shape index (κ3) is 4.14. The minimum absolute atomic E-state index is 0.267. The standard InChI is InChI=1S/C8H9BO4.C2H6/c1-13-8(10)6-3-2-4-7(5-6)9(11)12;1-2/h2-5,11-12H,1H3;1-2H3. The molecular weight excluding hydrogens is 195 g/mol. The quantitative estimate of drug-likeness (QED) is 0.539. The topological polar surface area (TPSA) is 66.8 Å². The van der Waals surface area contributed by atoms with Gasteiger partial charge in [0.15, 0.2) is 0 Å². The number of rotatable bonds is 2. The Hall–Kier alpha value is -1.33. The lowest BCUT2D eigenvalue weighted by Crippen LogP contribution is -2.30. The highest BCUT2D eigenvalue weighted by atomic mass is 16.5. The summed E-state index contributed by atoms with van der Waals surface area (Å²) in [6, 6.07) is 5.98. The maximum Gasteiger partial charge on any atom is 0.488 e. The molecule has 0 heterocycles. The Balaban J connectivity index is 0.000000921. The van der Waals surface area contributed by atoms with Crippen LogP contribution in [0.3, 0.4) is 0 Å². The van der Waals surface area contributed by atoms with Crippen LogP contribution in [-0.4, -0.2) is 30.2 Å². The van der Waals surface area contributed by atoms with Crippen LogP contribution in [0.4, 0.5) is 0 Å². The maximum atomic E-state index is 11.0. The molecule has 0 aliphatic heterocycles. The van der Waals surface area contributed by atoms with E-state index >= 15 is 0 Å². The number of carbonyl (C=O) groups excluding carboxylic acids is 1. The van der Waals surface area contributed by atoms with Gasteiger partial charge < -0.3 is 14.8 Å². The molecule has 0 radical (unpaired) electrons. The molecule has 2 N–H and O–H groups in total. The van der Waals surface area contributed by atoms with Gasteiger partial charge in [-0.1, -0.05) is 26.0 Å². The third-order valence-electron chi connectivity index (χ3n) is 1.61. The van der Waals surface area contributed by atoms with Crippen molar-refractivity contribution in [3.63, 3.8) is 0 Å². The highest BCUT2D eigenvalue weighted by Gasteiger charge is 2.13. The average Bonchev–Trinajstić information content (AvgIpc) is 2.30. The molecule has 1 aromatic rings. The molecule has 5 heteroatoms. The van der Waals surface area contributed by atoms with E-state index in [2.05, 4.69) is 4.74 Å². The van der Waals surface area contributed by atoms with Crippen molar-refractivity contribution < 1.29 is 19.6 Å². The number of ether oxygens (including phenoxy) is 1. The summed E-state index contributed by atoms with van der Waals surface area (Å²) in [7, 11) is -0.297. The Kier molecular flexibility index (Phi) is 6.41. The van der Waals surface area contributed by atoms with Gasteiger partial charge in [-0.25, -0.2) is 4.79 Å². The molecule has 4 nitrogen and oxygen atoms in total. The molecule has 0 aromatic heterocycles. The lowest BCUT2D eigenvalue weighted by Gasteiger charge is -2.02. The molecule has 0 amide bonds. The summed E-state index contributed by atoms with van der Waals surface area (Å²) in [6.07, 6.45) is 0. The van der Waals surface area contributed by atoms with Gasteiger partial charge >= 0.3 is 13.1 Å². The first-order valence-corrected chi connectivity index (χ1v) is 4.69. The van der Waals surface area contributed by atoms with Gasteiger partial charge in [-0.3, -0.25) is 0 Å². The van der Waals surface area contributed by atoms with Crippen molar-refractivity contribution in [2.75, 3.05) is 7.11 Å². The molecule has 0 saturated heterocycles. The van der Waals surface area contributed by atoms with E-state index < -0.39 is 13.1 Å². The van der Waals surface area contributed by atoms with Gasteiger partial charge in [0.05, 0.1) is 12.7 Å². The minimum atomic E-state index is -1.57. The van der Waals surface area contributed by atoms with E-state index in [1.807, 2.05) is 13.8 Å². The molecule has 0 bridgehead atoms. The third-order valence-corrected chi connectivity index (χ3v) is 1.61. The molecule has 1 aromatic carbocycles. The van der Waals surface area contributed by atoms with Gasteiger partial charge in [-0.05, 0) is 17.6 Å². The number of benzene rings is 1. The molecule has 0 spiro atoms. The van der Waals surface area contributed by atoms with Gasteiger partial charge in [0.2, 0.25) is 0 Å². The summed E-state index contributed by atoms with van der Waals surface area (Å²) in [6.45, 7) is 4.00. The van der Waals surface area contributed by atoms with Gasteiger partial charge in [-0.15, -0.1) is 0 Å². The molecule has 1 rings (SSSR count). The van der Waals surface area contributed by atoms with Crippen molar-refractivity contribution in [1.29, 1.82) is 0 Å². The normalized spacial score (nSPS) is 8.60. The maximum absolute atomic E-state index is 11.0. The van der Waals surface area contributed by atoms with Crippen LogP contribution < -0.4 is 5.46 Å². The second-order valence-electron chi connectivity index (χ2n) is 2.49. The fourth-order valence-corrected chi connectivity index (χ4v) is 0.944. The Morgan fingerprint density at radius 1 is 1.33 bits per heavy atom. The summed E-state index contributed by atoms with van der Waals surface area (Å²) in [5, 5.41) is 17.6. The van der Waals surface area contributed by atoms with Crippen LogP contribution >= 0.6 is 0 Å². The molecule has 0 atom stereocenters. The molecule has 0 unspecified atom stereocenters. The van der Waals surface area contributed by atoms with Gasteiger partial charge in [0, 0.05) is 0 Å². The molecule has 0 saturated carbocycles. The first-order chi connectivity index (χ1) is 7.15. The molecule has 82 valence electrons. The Bertz CT molecular complexity index is 312. The van der Waals surface area contributed by atoms with E-state index in [9.17, 15) is 4.79 Å². The van der Waals surface area contributed by atoms with Crippen molar-refractivity contribution in [3.05, 3.63) is 29.8 Å². The fourth-order valence-electron chi connectivity index (χ4n) is 0.944. The Morgan fingerprint density at radius 2 is 1.93 bits per heavy atom. The van der Waals surface area contributed by atoms with E-state index in [-0.39, 0.29) is 5.46 Å². The summed E-state index contributed by atoms with van der Waals surface area (Å²) in [5.41, 5.74) is 0.566. The SMILES string of the molecule is CC.COC(=O)c1cccc(B(O)O)c1. The number of esters is 1. The summed E-state index contributed by atoms with van der Waals surface area (Å²) >= 11 is 0. The fraction of sp³-hybridized carbons (Fsp3) is 0.300. The zero-order valence-electron chi connectivity index (χ0n) is 9.10. The van der Waals surface area contributed by atoms with Crippen molar-refractivity contribution >= 4 is 18.6 Å².